The zero-order chi connectivity index (χ0) is 26.4. The third-order valence-electron chi connectivity index (χ3n) is 5.20. The van der Waals surface area contributed by atoms with E-state index in [2.05, 4.69) is 25.9 Å². The van der Waals surface area contributed by atoms with Crippen molar-refractivity contribution in [1.82, 2.24) is 30.4 Å². The lowest BCUT2D eigenvalue weighted by atomic mass is 10.1. The summed E-state index contributed by atoms with van der Waals surface area (Å²) in [6, 6.07) is 11.2. The van der Waals surface area contributed by atoms with Gasteiger partial charge < -0.3 is 19.5 Å². The fraction of sp³-hybridized carbons (Fsp3) is 0.320. The van der Waals surface area contributed by atoms with Gasteiger partial charge in [0, 0.05) is 17.7 Å². The van der Waals surface area contributed by atoms with E-state index in [1.54, 1.807) is 16.6 Å². The molecule has 194 valence electrons. The summed E-state index contributed by atoms with van der Waals surface area (Å²) in [4.78, 5) is 13.7. The second kappa shape index (κ2) is 12.0. The second-order valence-electron chi connectivity index (χ2n) is 7.78. The number of benzene rings is 2. The van der Waals surface area contributed by atoms with Crippen LogP contribution >= 0.6 is 23.6 Å². The normalized spacial score (nSPS) is 10.8. The first kappa shape index (κ1) is 26.3. The lowest BCUT2D eigenvalue weighted by molar-refractivity contribution is 0.0975. The molecule has 2 heterocycles. The number of thiocarbonyl (C=S) groups is 1. The number of nitrogens with zero attached hydrogens (tertiary/aromatic N) is 4. The third-order valence-corrected chi connectivity index (χ3v) is 6.39. The van der Waals surface area contributed by atoms with E-state index in [9.17, 15) is 4.79 Å². The predicted molar refractivity (Wildman–Crippen MR) is 146 cm³/mol. The minimum atomic E-state index is -0.378. The van der Waals surface area contributed by atoms with Gasteiger partial charge in [-0.25, -0.2) is 0 Å². The fourth-order valence-corrected chi connectivity index (χ4v) is 4.57. The lowest BCUT2D eigenvalue weighted by Gasteiger charge is -2.17. The minimum absolute atomic E-state index is 0.211. The van der Waals surface area contributed by atoms with Crippen molar-refractivity contribution in [3.63, 3.8) is 0 Å². The Bertz CT molecular complexity index is 1370. The van der Waals surface area contributed by atoms with Gasteiger partial charge in [-0.15, -0.1) is 10.2 Å². The molecule has 1 amide bonds. The van der Waals surface area contributed by atoms with E-state index in [1.165, 1.54) is 11.3 Å². The Morgan fingerprint density at radius 1 is 1.00 bits per heavy atom. The number of carbonyl (C=O) groups is 1. The van der Waals surface area contributed by atoms with Crippen LogP contribution in [0.2, 0.25) is 0 Å². The summed E-state index contributed by atoms with van der Waals surface area (Å²) in [5.41, 5.74) is 2.34. The van der Waals surface area contributed by atoms with Crippen LogP contribution in [0.1, 0.15) is 42.5 Å². The highest BCUT2D eigenvalue weighted by Crippen LogP contribution is 2.39. The van der Waals surface area contributed by atoms with Crippen LogP contribution in [-0.4, -0.2) is 50.7 Å². The maximum Gasteiger partial charge on any atom is 0.257 e. The summed E-state index contributed by atoms with van der Waals surface area (Å²) in [7, 11) is 0. The van der Waals surface area contributed by atoms with Gasteiger partial charge in [0.15, 0.2) is 22.4 Å². The van der Waals surface area contributed by atoms with E-state index < -0.39 is 0 Å². The molecule has 0 unspecified atom stereocenters. The van der Waals surface area contributed by atoms with Crippen molar-refractivity contribution in [3.8, 4) is 27.8 Å². The smallest absolute Gasteiger partial charge is 0.257 e. The van der Waals surface area contributed by atoms with E-state index in [-0.39, 0.29) is 11.0 Å². The van der Waals surface area contributed by atoms with Crippen LogP contribution in [0.3, 0.4) is 0 Å². The van der Waals surface area contributed by atoms with Crippen LogP contribution in [-0.2, 0) is 6.54 Å². The summed E-state index contributed by atoms with van der Waals surface area (Å²) in [6.07, 6.45) is 0. The van der Waals surface area contributed by atoms with Crippen molar-refractivity contribution in [2.75, 3.05) is 19.8 Å². The molecule has 2 aromatic carbocycles. The molecule has 2 N–H and O–H groups in total. The van der Waals surface area contributed by atoms with Gasteiger partial charge in [0.1, 0.15) is 5.01 Å². The van der Waals surface area contributed by atoms with Crippen molar-refractivity contribution in [1.29, 1.82) is 0 Å². The van der Waals surface area contributed by atoms with Gasteiger partial charge >= 0.3 is 0 Å². The highest BCUT2D eigenvalue weighted by Gasteiger charge is 2.19. The molecule has 2 aromatic heterocycles. The Morgan fingerprint density at radius 2 is 1.65 bits per heavy atom. The number of rotatable bonds is 10. The molecule has 0 bridgehead atoms. The molecule has 4 rings (SSSR count). The first-order valence-corrected chi connectivity index (χ1v) is 13.1. The predicted octanol–water partition coefficient (Wildman–Crippen LogP) is 4.16. The zero-order valence-corrected chi connectivity index (χ0v) is 22.7. The first-order chi connectivity index (χ1) is 17.9. The third kappa shape index (κ3) is 6.15. The van der Waals surface area contributed by atoms with Crippen LogP contribution in [0, 0.1) is 6.92 Å². The maximum absolute atomic E-state index is 12.9. The standard InChI is InChI=1S/C25H28N6O4S2/c1-5-33-19-12-18(13-20(34-6-2)21(19)35-7-3)22(32)27-24(36)26-14-16-8-10-17(11-9-16)23-30-31-15(4)28-29-25(31)37-23/h8-13H,5-7,14H2,1-4H3,(H2,26,27,32,36). The quantitative estimate of drug-likeness (QED) is 0.286. The summed E-state index contributed by atoms with van der Waals surface area (Å²) >= 11 is 6.83. The minimum Gasteiger partial charge on any atom is -0.490 e. The molecule has 0 fully saturated rings. The van der Waals surface area contributed by atoms with Crippen molar-refractivity contribution in [2.45, 2.75) is 34.2 Å². The van der Waals surface area contributed by atoms with Gasteiger partial charge in [0.25, 0.3) is 5.91 Å². The van der Waals surface area contributed by atoms with Gasteiger partial charge in [-0.2, -0.15) is 9.61 Å². The maximum atomic E-state index is 12.9. The molecule has 12 heteroatoms. The number of fused-ring (bicyclic) bond motifs is 1. The van der Waals surface area contributed by atoms with Gasteiger partial charge in [0.05, 0.1) is 19.8 Å². The van der Waals surface area contributed by atoms with Crippen LogP contribution in [0.25, 0.3) is 15.5 Å². The highest BCUT2D eigenvalue weighted by molar-refractivity contribution is 7.80. The Kier molecular flexibility index (Phi) is 8.51. The molecule has 0 spiro atoms. The summed E-state index contributed by atoms with van der Waals surface area (Å²) in [6.45, 7) is 9.19. The molecule has 0 atom stereocenters. The van der Waals surface area contributed by atoms with E-state index in [0.717, 1.165) is 26.9 Å². The van der Waals surface area contributed by atoms with Crippen LogP contribution in [0.15, 0.2) is 36.4 Å². The number of carbonyl (C=O) groups excluding carboxylic acids is 1. The van der Waals surface area contributed by atoms with Crippen molar-refractivity contribution >= 4 is 39.5 Å². The molecule has 0 aliphatic heterocycles. The molecular formula is C25H28N6O4S2. The molecular weight excluding hydrogens is 512 g/mol. The summed E-state index contributed by atoms with van der Waals surface area (Å²) in [5, 5.41) is 19.5. The van der Waals surface area contributed by atoms with Crippen LogP contribution < -0.4 is 24.8 Å². The second-order valence-corrected chi connectivity index (χ2v) is 9.15. The molecule has 4 aromatic rings. The molecule has 0 radical (unpaired) electrons. The molecule has 0 saturated heterocycles. The SMILES string of the molecule is CCOc1cc(C(=O)NC(=S)NCc2ccc(-c3nn4c(C)nnc4s3)cc2)cc(OCC)c1OCC. The van der Waals surface area contributed by atoms with Gasteiger partial charge in [-0.3, -0.25) is 10.1 Å². The molecule has 0 aliphatic rings. The topological polar surface area (TPSA) is 112 Å². The van der Waals surface area contributed by atoms with Crippen molar-refractivity contribution in [3.05, 3.63) is 53.3 Å². The Balaban J connectivity index is 1.38. The molecule has 10 nitrogen and oxygen atoms in total. The zero-order valence-electron chi connectivity index (χ0n) is 21.0. The van der Waals surface area contributed by atoms with E-state index >= 15 is 0 Å². The lowest BCUT2D eigenvalue weighted by Crippen LogP contribution is -2.38. The molecule has 0 aliphatic carbocycles. The number of hydrogen-bond acceptors (Lipinski definition) is 9. The Labute approximate surface area is 224 Å². The first-order valence-electron chi connectivity index (χ1n) is 11.9. The average molecular weight is 541 g/mol. The van der Waals surface area contributed by atoms with E-state index in [1.807, 2.05) is 52.0 Å². The summed E-state index contributed by atoms with van der Waals surface area (Å²) < 4.78 is 18.8. The van der Waals surface area contributed by atoms with Gasteiger partial charge in [-0.1, -0.05) is 35.6 Å². The Hall–Kier alpha value is -3.77. The molecule has 37 heavy (non-hydrogen) atoms. The van der Waals surface area contributed by atoms with E-state index in [0.29, 0.717) is 49.2 Å². The number of ether oxygens (including phenoxy) is 3. The number of aryl methyl sites for hydroxylation is 1. The van der Waals surface area contributed by atoms with Gasteiger partial charge in [-0.05, 0) is 57.6 Å². The monoisotopic (exact) mass is 540 g/mol. The largest absolute Gasteiger partial charge is 0.490 e. The number of nitrogens with one attached hydrogen (secondary N) is 2. The highest BCUT2D eigenvalue weighted by atomic mass is 32.1. The van der Waals surface area contributed by atoms with Crippen molar-refractivity contribution in [2.24, 2.45) is 0 Å². The van der Waals surface area contributed by atoms with Gasteiger partial charge in [0.2, 0.25) is 10.7 Å². The number of amides is 1. The van der Waals surface area contributed by atoms with E-state index in [4.69, 9.17) is 26.4 Å². The van der Waals surface area contributed by atoms with Crippen molar-refractivity contribution < 1.29 is 19.0 Å². The number of hydrogen-bond donors (Lipinski definition) is 2. The number of aromatic nitrogens is 4. The average Bonchev–Trinajstić information content (AvgIpc) is 3.47. The fourth-order valence-electron chi connectivity index (χ4n) is 3.52. The Morgan fingerprint density at radius 3 is 2.24 bits per heavy atom. The van der Waals surface area contributed by atoms with Crippen LogP contribution in [0.5, 0.6) is 17.2 Å². The molecule has 0 saturated carbocycles. The summed E-state index contributed by atoms with van der Waals surface area (Å²) in [5.74, 6) is 1.74. The van der Waals surface area contributed by atoms with Crippen LogP contribution in [0.4, 0.5) is 0 Å².